The maximum atomic E-state index is 13.2. The molecule has 1 N–H and O–H groups in total. The van der Waals surface area contributed by atoms with Gasteiger partial charge in [-0.25, -0.2) is 0 Å². The van der Waals surface area contributed by atoms with Crippen molar-refractivity contribution in [3.63, 3.8) is 0 Å². The van der Waals surface area contributed by atoms with E-state index in [1.807, 2.05) is 34.1 Å². The molecule has 0 spiro atoms. The fourth-order valence-electron chi connectivity index (χ4n) is 3.76. The number of carbonyl (C=O) groups is 1. The highest BCUT2D eigenvalue weighted by molar-refractivity contribution is 7.10. The SMILES string of the molecule is C=CCN(CC(=O)N1CCc2sccc2[C@@H]1COc1ccc(OC)cc1)C[C@@H](C)O. The average Bonchev–Trinajstić information content (AvgIpc) is 3.21. The van der Waals surface area contributed by atoms with Crippen LogP contribution in [-0.2, 0) is 11.2 Å². The van der Waals surface area contributed by atoms with Crippen molar-refractivity contribution < 1.29 is 19.4 Å². The largest absolute Gasteiger partial charge is 0.497 e. The monoisotopic (exact) mass is 430 g/mol. The molecule has 6 nitrogen and oxygen atoms in total. The van der Waals surface area contributed by atoms with E-state index in [0.29, 0.717) is 26.2 Å². The summed E-state index contributed by atoms with van der Waals surface area (Å²) in [5.74, 6) is 1.56. The molecule has 2 aromatic rings. The van der Waals surface area contributed by atoms with Crippen LogP contribution < -0.4 is 9.47 Å². The summed E-state index contributed by atoms with van der Waals surface area (Å²) in [5.41, 5.74) is 1.17. The summed E-state index contributed by atoms with van der Waals surface area (Å²) in [4.78, 5) is 18.4. The van der Waals surface area contributed by atoms with E-state index in [9.17, 15) is 9.90 Å². The Kier molecular flexibility index (Phi) is 7.90. The van der Waals surface area contributed by atoms with Crippen LogP contribution in [0.1, 0.15) is 23.4 Å². The summed E-state index contributed by atoms with van der Waals surface area (Å²) in [6.07, 6.45) is 2.11. The lowest BCUT2D eigenvalue weighted by atomic mass is 10.0. The second-order valence-electron chi connectivity index (χ2n) is 7.47. The first-order chi connectivity index (χ1) is 14.5. The van der Waals surface area contributed by atoms with E-state index in [1.54, 1.807) is 31.4 Å². The Bertz CT molecular complexity index is 834. The summed E-state index contributed by atoms with van der Waals surface area (Å²) < 4.78 is 11.2. The molecular weight excluding hydrogens is 400 g/mol. The second kappa shape index (κ2) is 10.6. The number of hydrogen-bond donors (Lipinski definition) is 1. The van der Waals surface area contributed by atoms with Gasteiger partial charge in [-0.05, 0) is 54.6 Å². The normalized spacial score (nSPS) is 16.8. The van der Waals surface area contributed by atoms with Crippen molar-refractivity contribution in [2.75, 3.05) is 39.9 Å². The van der Waals surface area contributed by atoms with Crippen LogP contribution in [0.5, 0.6) is 11.5 Å². The van der Waals surface area contributed by atoms with Crippen LogP contribution in [-0.4, -0.2) is 66.8 Å². The molecule has 7 heteroatoms. The van der Waals surface area contributed by atoms with Crippen LogP contribution in [0, 0.1) is 0 Å². The molecule has 0 saturated heterocycles. The van der Waals surface area contributed by atoms with Crippen LogP contribution in [0.3, 0.4) is 0 Å². The maximum absolute atomic E-state index is 13.2. The lowest BCUT2D eigenvalue weighted by Gasteiger charge is -2.37. The molecule has 2 atom stereocenters. The molecule has 2 heterocycles. The smallest absolute Gasteiger partial charge is 0.237 e. The number of ether oxygens (including phenoxy) is 2. The highest BCUT2D eigenvalue weighted by Crippen LogP contribution is 2.34. The molecule has 30 heavy (non-hydrogen) atoms. The number of nitrogens with zero attached hydrogens (tertiary/aromatic N) is 2. The van der Waals surface area contributed by atoms with Gasteiger partial charge in [0.05, 0.1) is 25.8 Å². The van der Waals surface area contributed by atoms with E-state index in [-0.39, 0.29) is 18.5 Å². The Morgan fingerprint density at radius 2 is 2.10 bits per heavy atom. The predicted molar refractivity (Wildman–Crippen MR) is 119 cm³/mol. The van der Waals surface area contributed by atoms with Gasteiger partial charge in [0.2, 0.25) is 5.91 Å². The number of amides is 1. The molecule has 0 fully saturated rings. The van der Waals surface area contributed by atoms with Crippen molar-refractivity contribution in [2.24, 2.45) is 0 Å². The van der Waals surface area contributed by atoms with Gasteiger partial charge in [0.1, 0.15) is 18.1 Å². The standard InChI is InChI=1S/C23H30N2O4S/c1-4-11-24(14-17(2)26)15-23(27)25-12-9-22-20(10-13-30-22)21(25)16-29-19-7-5-18(28-3)6-8-19/h4-8,10,13,17,21,26H,1,9,11-12,14-16H2,2-3H3/t17-,21+/m1/s1. The van der Waals surface area contributed by atoms with Gasteiger partial charge in [-0.2, -0.15) is 0 Å². The van der Waals surface area contributed by atoms with E-state index >= 15 is 0 Å². The first-order valence-corrected chi connectivity index (χ1v) is 11.0. The van der Waals surface area contributed by atoms with Crippen molar-refractivity contribution in [3.05, 3.63) is 58.8 Å². The lowest BCUT2D eigenvalue weighted by Crippen LogP contribution is -2.47. The van der Waals surface area contributed by atoms with E-state index in [2.05, 4.69) is 18.0 Å². The molecule has 0 saturated carbocycles. The Balaban J connectivity index is 1.72. The molecule has 3 rings (SSSR count). The van der Waals surface area contributed by atoms with Crippen molar-refractivity contribution in [3.8, 4) is 11.5 Å². The minimum atomic E-state index is -0.503. The van der Waals surface area contributed by atoms with Crippen LogP contribution in [0.2, 0.25) is 0 Å². The Morgan fingerprint density at radius 3 is 2.77 bits per heavy atom. The first-order valence-electron chi connectivity index (χ1n) is 10.2. The minimum Gasteiger partial charge on any atom is -0.497 e. The number of benzene rings is 1. The summed E-state index contributed by atoms with van der Waals surface area (Å²) in [5, 5.41) is 11.8. The molecule has 0 radical (unpaired) electrons. The molecular formula is C23H30N2O4S. The summed E-state index contributed by atoms with van der Waals surface area (Å²) >= 11 is 1.73. The molecule has 0 aliphatic carbocycles. The van der Waals surface area contributed by atoms with Gasteiger partial charge in [-0.15, -0.1) is 17.9 Å². The van der Waals surface area contributed by atoms with Gasteiger partial charge in [0.15, 0.2) is 0 Å². The maximum Gasteiger partial charge on any atom is 0.237 e. The van der Waals surface area contributed by atoms with E-state index in [0.717, 1.165) is 17.9 Å². The zero-order valence-corrected chi connectivity index (χ0v) is 18.4. The third kappa shape index (κ3) is 5.62. The van der Waals surface area contributed by atoms with Crippen molar-refractivity contribution in [1.82, 2.24) is 9.80 Å². The molecule has 0 bridgehead atoms. The summed E-state index contributed by atoms with van der Waals surface area (Å²) in [7, 11) is 1.63. The average molecular weight is 431 g/mol. The van der Waals surface area contributed by atoms with E-state index < -0.39 is 6.10 Å². The van der Waals surface area contributed by atoms with E-state index in [1.165, 1.54) is 10.4 Å². The molecule has 162 valence electrons. The highest BCUT2D eigenvalue weighted by atomic mass is 32.1. The molecule has 1 aromatic heterocycles. The number of aliphatic hydroxyl groups is 1. The Hall–Kier alpha value is -2.35. The van der Waals surface area contributed by atoms with Crippen molar-refractivity contribution in [1.29, 1.82) is 0 Å². The van der Waals surface area contributed by atoms with Gasteiger partial charge in [-0.1, -0.05) is 6.08 Å². The number of hydrogen-bond acceptors (Lipinski definition) is 6. The number of rotatable bonds is 10. The van der Waals surface area contributed by atoms with Gasteiger partial charge >= 0.3 is 0 Å². The third-order valence-electron chi connectivity index (χ3n) is 5.15. The fraction of sp³-hybridized carbons (Fsp3) is 0.435. The molecule has 0 unspecified atom stereocenters. The van der Waals surface area contributed by atoms with Crippen LogP contribution in [0.15, 0.2) is 48.4 Å². The number of aliphatic hydroxyl groups excluding tert-OH is 1. The second-order valence-corrected chi connectivity index (χ2v) is 8.47. The topological polar surface area (TPSA) is 62.2 Å². The van der Waals surface area contributed by atoms with Crippen molar-refractivity contribution >= 4 is 17.2 Å². The molecule has 1 aromatic carbocycles. The first kappa shape index (κ1) is 22.3. The fourth-order valence-corrected chi connectivity index (χ4v) is 4.69. The van der Waals surface area contributed by atoms with Gasteiger partial charge in [0.25, 0.3) is 0 Å². The number of methoxy groups -OCH3 is 1. The molecule has 1 aliphatic heterocycles. The summed E-state index contributed by atoms with van der Waals surface area (Å²) in [6.45, 7) is 7.78. The predicted octanol–water partition coefficient (Wildman–Crippen LogP) is 3.13. The quantitative estimate of drug-likeness (QED) is 0.587. The van der Waals surface area contributed by atoms with Crippen molar-refractivity contribution in [2.45, 2.75) is 25.5 Å². The molecule has 1 amide bonds. The van der Waals surface area contributed by atoms with Gasteiger partial charge < -0.3 is 19.5 Å². The van der Waals surface area contributed by atoms with Crippen LogP contribution in [0.4, 0.5) is 0 Å². The van der Waals surface area contributed by atoms with E-state index in [4.69, 9.17) is 9.47 Å². The molecule has 1 aliphatic rings. The van der Waals surface area contributed by atoms with Crippen LogP contribution in [0.25, 0.3) is 0 Å². The van der Waals surface area contributed by atoms with Gasteiger partial charge in [0, 0.05) is 24.5 Å². The Morgan fingerprint density at radius 1 is 1.37 bits per heavy atom. The minimum absolute atomic E-state index is 0.0395. The number of fused-ring (bicyclic) bond motifs is 1. The third-order valence-corrected chi connectivity index (χ3v) is 6.15. The zero-order valence-electron chi connectivity index (χ0n) is 17.6. The number of carbonyl (C=O) groups excluding carboxylic acids is 1. The Labute approximate surface area is 182 Å². The highest BCUT2D eigenvalue weighted by Gasteiger charge is 2.32. The zero-order chi connectivity index (χ0) is 21.5. The lowest BCUT2D eigenvalue weighted by molar-refractivity contribution is -0.136. The van der Waals surface area contributed by atoms with Gasteiger partial charge in [-0.3, -0.25) is 9.69 Å². The van der Waals surface area contributed by atoms with Crippen LogP contribution >= 0.6 is 11.3 Å². The summed E-state index contributed by atoms with van der Waals surface area (Å²) in [6, 6.07) is 9.43. The number of thiophene rings is 1.